The van der Waals surface area contributed by atoms with Crippen molar-refractivity contribution in [3.05, 3.63) is 78.9 Å². The van der Waals surface area contributed by atoms with Crippen LogP contribution in [-0.4, -0.2) is 42.7 Å². The van der Waals surface area contributed by atoms with Crippen LogP contribution in [0.5, 0.6) is 0 Å². The summed E-state index contributed by atoms with van der Waals surface area (Å²) in [5.74, 6) is -0.278. The van der Waals surface area contributed by atoms with Crippen LogP contribution in [0.25, 0.3) is 11.3 Å². The van der Waals surface area contributed by atoms with Crippen LogP contribution in [0.2, 0.25) is 10.0 Å². The van der Waals surface area contributed by atoms with Crippen molar-refractivity contribution < 1.29 is 14.5 Å². The summed E-state index contributed by atoms with van der Waals surface area (Å²) in [6.07, 6.45) is 0. The molecular formula is C25H23Cl2N7O4S2. The normalized spacial score (nSPS) is 11.8. The Morgan fingerprint density at radius 1 is 1.18 bits per heavy atom. The molecule has 0 radical (unpaired) electrons. The number of hydrogen-bond donors (Lipinski definition) is 3. The van der Waals surface area contributed by atoms with Crippen molar-refractivity contribution in [2.45, 2.75) is 32.0 Å². The highest BCUT2D eigenvalue weighted by molar-refractivity contribution is 7.99. The van der Waals surface area contributed by atoms with Gasteiger partial charge in [-0.1, -0.05) is 60.9 Å². The number of rotatable bonds is 10. The van der Waals surface area contributed by atoms with Crippen LogP contribution in [0.1, 0.15) is 41.6 Å². The van der Waals surface area contributed by atoms with Crippen molar-refractivity contribution in [1.82, 2.24) is 25.5 Å². The number of anilines is 1. The molecule has 0 unspecified atom stereocenters. The van der Waals surface area contributed by atoms with Crippen molar-refractivity contribution in [2.75, 3.05) is 11.1 Å². The van der Waals surface area contributed by atoms with Crippen LogP contribution in [0.4, 0.5) is 10.8 Å². The smallest absolute Gasteiger partial charge is 0.272 e. The molecule has 40 heavy (non-hydrogen) atoms. The molecule has 15 heteroatoms. The summed E-state index contributed by atoms with van der Waals surface area (Å²) in [5, 5.41) is 27.0. The Balaban J connectivity index is 1.35. The second kappa shape index (κ2) is 12.8. The molecule has 3 N–H and O–H groups in total. The van der Waals surface area contributed by atoms with E-state index >= 15 is 0 Å². The second-order valence-electron chi connectivity index (χ2n) is 8.96. The van der Waals surface area contributed by atoms with Gasteiger partial charge in [0.05, 0.1) is 33.0 Å². The van der Waals surface area contributed by atoms with Crippen molar-refractivity contribution in [1.29, 1.82) is 0 Å². The Kier molecular flexibility index (Phi) is 9.40. The SMILES string of the molecule is Cc1ccc(-c2csc(NC(=O)CSc3n[nH]c([C@H](NC(=O)c4ccc(Cl)cc4Cl)C(C)C)n3)n2)cc1[N+](=O)[O-]. The number of nitro groups is 1. The molecule has 0 aliphatic rings. The van der Waals surface area contributed by atoms with E-state index in [0.29, 0.717) is 38.0 Å². The van der Waals surface area contributed by atoms with Gasteiger partial charge in [-0.3, -0.25) is 24.8 Å². The van der Waals surface area contributed by atoms with Crippen LogP contribution in [-0.2, 0) is 4.79 Å². The maximum absolute atomic E-state index is 12.8. The van der Waals surface area contributed by atoms with Gasteiger partial charge in [0.25, 0.3) is 11.6 Å². The number of thiazole rings is 1. The van der Waals surface area contributed by atoms with Gasteiger partial charge in [-0.25, -0.2) is 9.97 Å². The van der Waals surface area contributed by atoms with Crippen LogP contribution in [0.15, 0.2) is 46.9 Å². The van der Waals surface area contributed by atoms with Gasteiger partial charge in [0.15, 0.2) is 5.13 Å². The first kappa shape index (κ1) is 29.5. The fraction of sp³-hybridized carbons (Fsp3) is 0.240. The van der Waals surface area contributed by atoms with E-state index in [2.05, 4.69) is 30.8 Å². The van der Waals surface area contributed by atoms with Gasteiger partial charge in [-0.05, 0) is 31.0 Å². The topological polar surface area (TPSA) is 156 Å². The van der Waals surface area contributed by atoms with Crippen LogP contribution < -0.4 is 10.6 Å². The molecule has 0 aliphatic heterocycles. The molecule has 0 aliphatic carbocycles. The molecule has 2 amide bonds. The standard InChI is InChI=1S/C25H23Cl2N7O4S2/c1-12(2)21(30-23(36)16-7-6-15(26)9-17(16)27)22-31-25(33-32-22)40-11-20(35)29-24-28-18(10-39-24)14-5-4-13(3)19(8-14)34(37)38/h4-10,12,21H,11H2,1-3H3,(H,30,36)(H,28,29,35)(H,31,32,33)/t21-/m1/s1. The molecule has 2 aromatic heterocycles. The lowest BCUT2D eigenvalue weighted by molar-refractivity contribution is -0.385. The number of aryl methyl sites for hydroxylation is 1. The molecule has 2 heterocycles. The largest absolute Gasteiger partial charge is 0.342 e. The minimum Gasteiger partial charge on any atom is -0.342 e. The number of halogens is 2. The number of carbonyl (C=O) groups is 2. The number of aromatic amines is 1. The van der Waals surface area contributed by atoms with E-state index in [1.54, 1.807) is 36.6 Å². The fourth-order valence-electron chi connectivity index (χ4n) is 3.62. The zero-order valence-electron chi connectivity index (χ0n) is 21.4. The summed E-state index contributed by atoms with van der Waals surface area (Å²) in [6.45, 7) is 5.52. The maximum Gasteiger partial charge on any atom is 0.272 e. The molecule has 11 nitrogen and oxygen atoms in total. The predicted molar refractivity (Wildman–Crippen MR) is 156 cm³/mol. The summed E-state index contributed by atoms with van der Waals surface area (Å²) in [7, 11) is 0. The molecule has 4 aromatic rings. The highest BCUT2D eigenvalue weighted by Gasteiger charge is 2.24. The first-order valence-corrected chi connectivity index (χ1v) is 14.5. The van der Waals surface area contributed by atoms with E-state index in [4.69, 9.17) is 23.2 Å². The number of carbonyl (C=O) groups excluding carboxylic acids is 2. The molecule has 0 saturated carbocycles. The number of nitrogens with one attached hydrogen (secondary N) is 3. The third-order valence-corrected chi connectivity index (χ3v) is 7.84. The van der Waals surface area contributed by atoms with Gasteiger partial charge < -0.3 is 10.6 Å². The number of amides is 2. The zero-order valence-corrected chi connectivity index (χ0v) is 24.5. The minimum absolute atomic E-state index is 0.00593. The number of aromatic nitrogens is 4. The highest BCUT2D eigenvalue weighted by Crippen LogP contribution is 2.30. The minimum atomic E-state index is -0.485. The Morgan fingerprint density at radius 3 is 2.65 bits per heavy atom. The molecule has 0 saturated heterocycles. The van der Waals surface area contributed by atoms with Gasteiger partial charge >= 0.3 is 0 Å². The van der Waals surface area contributed by atoms with E-state index in [0.717, 1.165) is 11.8 Å². The first-order valence-electron chi connectivity index (χ1n) is 11.8. The van der Waals surface area contributed by atoms with E-state index in [1.165, 1.54) is 23.5 Å². The van der Waals surface area contributed by atoms with Gasteiger partial charge in [-0.15, -0.1) is 16.4 Å². The Labute approximate surface area is 247 Å². The zero-order chi connectivity index (χ0) is 29.0. The summed E-state index contributed by atoms with van der Waals surface area (Å²) in [5.41, 5.74) is 1.95. The van der Waals surface area contributed by atoms with Crippen molar-refractivity contribution >= 4 is 68.9 Å². The molecule has 4 rings (SSSR count). The predicted octanol–water partition coefficient (Wildman–Crippen LogP) is 6.31. The Bertz CT molecular complexity index is 1570. The number of hydrogen-bond acceptors (Lipinski definition) is 9. The Hall–Kier alpha value is -3.52. The number of benzene rings is 2. The number of thioether (sulfide) groups is 1. The maximum atomic E-state index is 12.8. The van der Waals surface area contributed by atoms with Crippen molar-refractivity contribution in [3.8, 4) is 11.3 Å². The number of nitro benzene ring substituents is 1. The average Bonchev–Trinajstić information content (AvgIpc) is 3.55. The van der Waals surface area contributed by atoms with Gasteiger partial charge in [0, 0.05) is 27.6 Å². The third kappa shape index (κ3) is 7.16. The van der Waals surface area contributed by atoms with Crippen LogP contribution in [0, 0.1) is 23.0 Å². The first-order chi connectivity index (χ1) is 19.0. The Morgan fingerprint density at radius 2 is 1.95 bits per heavy atom. The molecule has 208 valence electrons. The quantitative estimate of drug-likeness (QED) is 0.106. The average molecular weight is 621 g/mol. The summed E-state index contributed by atoms with van der Waals surface area (Å²) >= 11 is 14.4. The summed E-state index contributed by atoms with van der Waals surface area (Å²) in [6, 6.07) is 9.02. The molecule has 2 aromatic carbocycles. The van der Waals surface area contributed by atoms with Gasteiger partial charge in [0.2, 0.25) is 11.1 Å². The third-order valence-electron chi connectivity index (χ3n) is 5.69. The van der Waals surface area contributed by atoms with E-state index < -0.39 is 11.0 Å². The molecule has 0 bridgehead atoms. The molecule has 0 fully saturated rings. The van der Waals surface area contributed by atoms with E-state index in [9.17, 15) is 19.7 Å². The van der Waals surface area contributed by atoms with Crippen LogP contribution >= 0.6 is 46.3 Å². The lowest BCUT2D eigenvalue weighted by Crippen LogP contribution is -2.32. The lowest BCUT2D eigenvalue weighted by Gasteiger charge is -2.20. The molecule has 0 spiro atoms. The van der Waals surface area contributed by atoms with Crippen molar-refractivity contribution in [2.24, 2.45) is 5.92 Å². The molecule has 1 atom stereocenters. The van der Waals surface area contributed by atoms with Gasteiger partial charge in [0.1, 0.15) is 5.82 Å². The number of H-pyrrole nitrogens is 1. The lowest BCUT2D eigenvalue weighted by atomic mass is 10.0. The van der Waals surface area contributed by atoms with Gasteiger partial charge in [-0.2, -0.15) is 0 Å². The van der Waals surface area contributed by atoms with E-state index in [1.807, 2.05) is 13.8 Å². The number of nitrogens with zero attached hydrogens (tertiary/aromatic N) is 4. The van der Waals surface area contributed by atoms with Crippen LogP contribution in [0.3, 0.4) is 0 Å². The van der Waals surface area contributed by atoms with Crippen molar-refractivity contribution in [3.63, 3.8) is 0 Å². The fourth-order valence-corrected chi connectivity index (χ4v) is 5.46. The second-order valence-corrected chi connectivity index (χ2v) is 11.6. The highest BCUT2D eigenvalue weighted by atomic mass is 35.5. The monoisotopic (exact) mass is 619 g/mol. The summed E-state index contributed by atoms with van der Waals surface area (Å²) < 4.78 is 0. The molecular weight excluding hydrogens is 597 g/mol. The summed E-state index contributed by atoms with van der Waals surface area (Å²) in [4.78, 5) is 45.0. The van der Waals surface area contributed by atoms with E-state index in [-0.39, 0.29) is 39.8 Å².